The summed E-state index contributed by atoms with van der Waals surface area (Å²) in [7, 11) is 0. The van der Waals surface area contributed by atoms with Crippen LogP contribution in [0.25, 0.3) is 0 Å². The molecule has 86 valence electrons. The molecule has 0 heterocycles. The molecule has 0 aromatic rings. The predicted molar refractivity (Wildman–Crippen MR) is 60.8 cm³/mol. The van der Waals surface area contributed by atoms with Crippen LogP contribution in [0.3, 0.4) is 0 Å². The van der Waals surface area contributed by atoms with E-state index in [1.807, 2.05) is 6.92 Å². The second-order valence-electron chi connectivity index (χ2n) is 4.75. The molecule has 3 saturated carbocycles. The lowest BCUT2D eigenvalue weighted by atomic mass is 9.67. The lowest BCUT2D eigenvalue weighted by Crippen LogP contribution is -2.39. The van der Waals surface area contributed by atoms with Gasteiger partial charge >= 0.3 is 0 Å². The first kappa shape index (κ1) is 11.2. The molecule has 0 saturated heterocycles. The first-order valence-electron chi connectivity index (χ1n) is 6.18. The minimum absolute atomic E-state index is 0.436. The van der Waals surface area contributed by atoms with Gasteiger partial charge in [0, 0.05) is 12.5 Å². The molecule has 2 heteroatoms. The van der Waals surface area contributed by atoms with Gasteiger partial charge in [-0.05, 0) is 38.5 Å². The van der Waals surface area contributed by atoms with Gasteiger partial charge in [0.15, 0.2) is 0 Å². The van der Waals surface area contributed by atoms with Crippen molar-refractivity contribution < 1.29 is 9.47 Å². The molecule has 15 heavy (non-hydrogen) atoms. The summed E-state index contributed by atoms with van der Waals surface area (Å²) in [5.74, 6) is 1.48. The first-order chi connectivity index (χ1) is 7.31. The van der Waals surface area contributed by atoms with Crippen molar-refractivity contribution in [2.45, 2.75) is 38.7 Å². The lowest BCUT2D eigenvalue weighted by molar-refractivity contribution is -0.0514. The molecule has 2 nitrogen and oxygen atoms in total. The van der Waals surface area contributed by atoms with Crippen LogP contribution in [0.5, 0.6) is 0 Å². The third-order valence-electron chi connectivity index (χ3n) is 3.74. The van der Waals surface area contributed by atoms with E-state index in [0.717, 1.165) is 25.7 Å². The Balaban J connectivity index is 1.75. The van der Waals surface area contributed by atoms with Crippen LogP contribution >= 0.6 is 0 Å². The highest BCUT2D eigenvalue weighted by Gasteiger charge is 2.38. The summed E-state index contributed by atoms with van der Waals surface area (Å²) in [6.45, 7) is 8.46. The molecule has 0 N–H and O–H groups in total. The predicted octanol–water partition coefficient (Wildman–Crippen LogP) is 2.78. The Labute approximate surface area is 92.6 Å². The van der Waals surface area contributed by atoms with Gasteiger partial charge in [-0.15, -0.1) is 0 Å². The van der Waals surface area contributed by atoms with Crippen LogP contribution in [0.1, 0.15) is 32.6 Å². The number of hydrogen-bond acceptors (Lipinski definition) is 2. The number of fused-ring (bicyclic) bond motifs is 3. The number of ether oxygens (including phenoxy) is 2. The van der Waals surface area contributed by atoms with Crippen LogP contribution in [0.2, 0.25) is 0 Å². The van der Waals surface area contributed by atoms with Crippen LogP contribution in [-0.4, -0.2) is 25.9 Å². The largest absolute Gasteiger partial charge is 0.379 e. The van der Waals surface area contributed by atoms with Gasteiger partial charge in [0.25, 0.3) is 0 Å². The number of hydrogen-bond donors (Lipinski definition) is 0. The number of rotatable bonds is 5. The van der Waals surface area contributed by atoms with Gasteiger partial charge in [-0.3, -0.25) is 0 Å². The molecule has 0 aromatic carbocycles. The fourth-order valence-corrected chi connectivity index (χ4v) is 2.97. The van der Waals surface area contributed by atoms with E-state index < -0.39 is 0 Å². The van der Waals surface area contributed by atoms with E-state index in [1.54, 1.807) is 0 Å². The van der Waals surface area contributed by atoms with E-state index in [9.17, 15) is 0 Å². The summed E-state index contributed by atoms with van der Waals surface area (Å²) in [6, 6.07) is 0. The average molecular weight is 210 g/mol. The van der Waals surface area contributed by atoms with E-state index in [2.05, 4.69) is 6.58 Å². The summed E-state index contributed by atoms with van der Waals surface area (Å²) < 4.78 is 11.2. The molecule has 0 radical (unpaired) electrons. The normalized spacial score (nSPS) is 34.7. The molecule has 0 aliphatic heterocycles. The van der Waals surface area contributed by atoms with Crippen molar-refractivity contribution in [2.75, 3.05) is 19.8 Å². The molecule has 3 fully saturated rings. The minimum Gasteiger partial charge on any atom is -0.379 e. The molecule has 3 atom stereocenters. The second kappa shape index (κ2) is 5.13. The molecular weight excluding hydrogens is 188 g/mol. The summed E-state index contributed by atoms with van der Waals surface area (Å²) in [5, 5.41) is 0. The fourth-order valence-electron chi connectivity index (χ4n) is 2.97. The zero-order valence-electron chi connectivity index (χ0n) is 9.71. The molecule has 0 amide bonds. The van der Waals surface area contributed by atoms with E-state index in [0.29, 0.717) is 12.0 Å². The molecule has 0 unspecified atom stereocenters. The van der Waals surface area contributed by atoms with E-state index in [-0.39, 0.29) is 0 Å². The van der Waals surface area contributed by atoms with E-state index >= 15 is 0 Å². The maximum atomic E-state index is 5.90. The van der Waals surface area contributed by atoms with Crippen molar-refractivity contribution in [3.05, 3.63) is 12.2 Å². The Kier molecular flexibility index (Phi) is 3.81. The van der Waals surface area contributed by atoms with Crippen molar-refractivity contribution in [3.8, 4) is 0 Å². The van der Waals surface area contributed by atoms with Crippen LogP contribution in [0.4, 0.5) is 0 Å². The second-order valence-corrected chi connectivity index (χ2v) is 4.75. The van der Waals surface area contributed by atoms with Gasteiger partial charge < -0.3 is 9.47 Å². The van der Waals surface area contributed by atoms with Crippen molar-refractivity contribution in [1.29, 1.82) is 0 Å². The summed E-state index contributed by atoms with van der Waals surface area (Å²) >= 11 is 0. The van der Waals surface area contributed by atoms with Gasteiger partial charge in [0.05, 0.1) is 19.3 Å². The monoisotopic (exact) mass is 210 g/mol. The molecule has 3 aliphatic rings. The van der Waals surface area contributed by atoms with Gasteiger partial charge in [0.2, 0.25) is 0 Å². The Hall–Kier alpha value is -0.340. The Morgan fingerprint density at radius 3 is 2.87 bits per heavy atom. The smallest absolute Gasteiger partial charge is 0.0704 e. The molecule has 2 bridgehead atoms. The first-order valence-corrected chi connectivity index (χ1v) is 6.18. The van der Waals surface area contributed by atoms with Crippen molar-refractivity contribution in [2.24, 2.45) is 11.8 Å². The molecule has 3 aliphatic carbocycles. The Bertz CT molecular complexity index is 225. The molecular formula is C13H22O2. The third kappa shape index (κ3) is 2.61. The van der Waals surface area contributed by atoms with Gasteiger partial charge in [-0.25, -0.2) is 0 Å². The highest BCUT2D eigenvalue weighted by molar-refractivity contribution is 5.12. The van der Waals surface area contributed by atoms with Crippen LogP contribution in [0.15, 0.2) is 12.2 Å². The highest BCUT2D eigenvalue weighted by Crippen LogP contribution is 2.45. The minimum atomic E-state index is 0.436. The zero-order valence-corrected chi connectivity index (χ0v) is 9.71. The maximum absolute atomic E-state index is 5.90. The third-order valence-corrected chi connectivity index (χ3v) is 3.74. The quantitative estimate of drug-likeness (QED) is 0.513. The van der Waals surface area contributed by atoms with Crippen molar-refractivity contribution >= 4 is 0 Å². The fraction of sp³-hybridized carbons (Fsp3) is 0.846. The molecule has 3 rings (SSSR count). The Morgan fingerprint density at radius 2 is 2.20 bits per heavy atom. The van der Waals surface area contributed by atoms with Crippen LogP contribution < -0.4 is 0 Å². The topological polar surface area (TPSA) is 18.5 Å². The molecule has 0 aromatic heterocycles. The average Bonchev–Trinajstić information content (AvgIpc) is 2.25. The highest BCUT2D eigenvalue weighted by atomic mass is 16.5. The van der Waals surface area contributed by atoms with E-state index in [4.69, 9.17) is 9.47 Å². The van der Waals surface area contributed by atoms with Gasteiger partial charge in [0.1, 0.15) is 0 Å². The maximum Gasteiger partial charge on any atom is 0.0704 e. The van der Waals surface area contributed by atoms with Crippen molar-refractivity contribution in [3.63, 3.8) is 0 Å². The summed E-state index contributed by atoms with van der Waals surface area (Å²) in [5.41, 5.74) is 1.43. The Morgan fingerprint density at radius 1 is 1.33 bits per heavy atom. The lowest BCUT2D eigenvalue weighted by Gasteiger charge is -2.43. The van der Waals surface area contributed by atoms with Crippen LogP contribution in [-0.2, 0) is 9.47 Å². The van der Waals surface area contributed by atoms with Crippen molar-refractivity contribution in [1.82, 2.24) is 0 Å². The summed E-state index contributed by atoms with van der Waals surface area (Å²) in [6.07, 6.45) is 5.61. The summed E-state index contributed by atoms with van der Waals surface area (Å²) in [4.78, 5) is 0. The SMILES string of the molecule is C=C1C[C@@H]2CC[C@H]1[C@H](OCCOCC)C2. The van der Waals surface area contributed by atoms with Gasteiger partial charge in [-0.2, -0.15) is 0 Å². The standard InChI is InChI=1S/C13H22O2/c1-3-14-6-7-15-13-9-11-4-5-12(13)10(2)8-11/h11-13H,2-9H2,1H3/t11-,12+,13+/m0/s1. The zero-order chi connectivity index (χ0) is 10.7. The van der Waals surface area contributed by atoms with Crippen LogP contribution in [0, 0.1) is 11.8 Å². The van der Waals surface area contributed by atoms with E-state index in [1.165, 1.54) is 31.3 Å². The van der Waals surface area contributed by atoms with Gasteiger partial charge in [-0.1, -0.05) is 12.2 Å². The molecule has 0 spiro atoms.